The molecule has 1 radical (unpaired) electrons. The monoisotopic (exact) mass is 189 g/mol. The van der Waals surface area contributed by atoms with Crippen LogP contribution in [0.25, 0.3) is 0 Å². The second-order valence-electron chi connectivity index (χ2n) is 2.74. The van der Waals surface area contributed by atoms with Crippen LogP contribution < -0.4 is 21.4 Å². The number of hydrogen-bond acceptors (Lipinski definition) is 5. The van der Waals surface area contributed by atoms with Gasteiger partial charge in [0.1, 0.15) is 0 Å². The third kappa shape index (κ3) is 3.21. The topological polar surface area (TPSA) is 57.4 Å². The highest BCUT2D eigenvalue weighted by atomic mass is 16.7. The second-order valence-corrected chi connectivity index (χ2v) is 2.74. The number of likely N-dealkylation sites (N-methyl/N-ethyl adjacent to an activating group) is 3. The Morgan fingerprint density at radius 1 is 1.31 bits per heavy atom. The Labute approximate surface area is 80.6 Å². The summed E-state index contributed by atoms with van der Waals surface area (Å²) < 4.78 is 0. The van der Waals surface area contributed by atoms with E-state index in [0.29, 0.717) is 6.54 Å². The normalized spacial score (nSPS) is 14.5. The zero-order chi connectivity index (χ0) is 10.3. The van der Waals surface area contributed by atoms with Gasteiger partial charge >= 0.3 is 0 Å². The summed E-state index contributed by atoms with van der Waals surface area (Å²) in [6.07, 6.45) is 0. The van der Waals surface area contributed by atoms with Crippen LogP contribution in [0.15, 0.2) is 0 Å². The van der Waals surface area contributed by atoms with Crippen LogP contribution in [0.1, 0.15) is 6.92 Å². The Hall–Kier alpha value is -0.200. The largest absolute Gasteiger partial charge is 0.312 e. The van der Waals surface area contributed by atoms with Crippen molar-refractivity contribution in [1.82, 2.24) is 21.4 Å². The lowest BCUT2D eigenvalue weighted by Crippen LogP contribution is -2.68. The Morgan fingerprint density at radius 3 is 2.15 bits per heavy atom. The van der Waals surface area contributed by atoms with Crippen LogP contribution in [0, 0.1) is 6.92 Å². The zero-order valence-corrected chi connectivity index (χ0v) is 8.90. The number of hydrogen-bond donors (Lipinski definition) is 4. The average Bonchev–Trinajstić information content (AvgIpc) is 2.19. The summed E-state index contributed by atoms with van der Waals surface area (Å²) >= 11 is 0. The highest BCUT2D eigenvalue weighted by Gasteiger charge is 2.33. The number of nitrogens with one attached hydrogen (secondary N) is 4. The molecule has 0 aliphatic rings. The fraction of sp³-hybridized carbons (Fsp3) is 0.875. The van der Waals surface area contributed by atoms with Crippen molar-refractivity contribution in [3.63, 3.8) is 0 Å². The van der Waals surface area contributed by atoms with Gasteiger partial charge in [0, 0.05) is 6.54 Å². The molecule has 0 aromatic rings. The molecule has 1 atom stereocenters. The standard InChI is InChI=1S/C8H21N4O/c1-6-12-13-8(10-4,11-5)7(2)9-3/h7,9-12H,1,6H2,2-5H3. The summed E-state index contributed by atoms with van der Waals surface area (Å²) in [5.41, 5.74) is 2.73. The molecule has 0 rings (SSSR count). The van der Waals surface area contributed by atoms with E-state index in [1.165, 1.54) is 0 Å². The molecule has 0 saturated carbocycles. The molecule has 0 aromatic heterocycles. The molecular weight excluding hydrogens is 168 g/mol. The van der Waals surface area contributed by atoms with Gasteiger partial charge in [0.25, 0.3) is 0 Å². The van der Waals surface area contributed by atoms with Crippen molar-refractivity contribution in [3.8, 4) is 0 Å². The van der Waals surface area contributed by atoms with Crippen LogP contribution in [0.5, 0.6) is 0 Å². The molecule has 1 unspecified atom stereocenters. The summed E-state index contributed by atoms with van der Waals surface area (Å²) in [6, 6.07) is 0.113. The van der Waals surface area contributed by atoms with Crippen molar-refractivity contribution in [2.45, 2.75) is 18.8 Å². The highest BCUT2D eigenvalue weighted by molar-refractivity contribution is 4.82. The van der Waals surface area contributed by atoms with Gasteiger partial charge in [-0.2, -0.15) is 5.48 Å². The van der Waals surface area contributed by atoms with Crippen LogP contribution in [0.3, 0.4) is 0 Å². The van der Waals surface area contributed by atoms with Crippen molar-refractivity contribution < 1.29 is 4.84 Å². The molecule has 0 aliphatic heterocycles. The SMILES string of the molecule is [CH2]CNOC(NC)(NC)C(C)NC. The third-order valence-corrected chi connectivity index (χ3v) is 2.12. The minimum absolute atomic E-state index is 0.113. The van der Waals surface area contributed by atoms with Crippen LogP contribution >= 0.6 is 0 Å². The van der Waals surface area contributed by atoms with Crippen LogP contribution in [0.2, 0.25) is 0 Å². The summed E-state index contributed by atoms with van der Waals surface area (Å²) in [5.74, 6) is -0.619. The van der Waals surface area contributed by atoms with Crippen LogP contribution in [0.4, 0.5) is 0 Å². The first-order chi connectivity index (χ1) is 6.16. The first kappa shape index (κ1) is 12.8. The van der Waals surface area contributed by atoms with Gasteiger partial charge in [-0.3, -0.25) is 15.5 Å². The Morgan fingerprint density at radius 2 is 1.85 bits per heavy atom. The van der Waals surface area contributed by atoms with E-state index in [2.05, 4.69) is 28.4 Å². The first-order valence-corrected chi connectivity index (χ1v) is 4.42. The maximum Gasteiger partial charge on any atom is 0.208 e. The minimum atomic E-state index is -0.619. The van der Waals surface area contributed by atoms with Gasteiger partial charge in [0.15, 0.2) is 0 Å². The van der Waals surface area contributed by atoms with E-state index in [1.54, 1.807) is 0 Å². The van der Waals surface area contributed by atoms with E-state index >= 15 is 0 Å². The van der Waals surface area contributed by atoms with Gasteiger partial charge in [-0.15, -0.1) is 0 Å². The van der Waals surface area contributed by atoms with Gasteiger partial charge in [-0.1, -0.05) is 0 Å². The van der Waals surface area contributed by atoms with Crippen LogP contribution in [-0.2, 0) is 4.84 Å². The molecular formula is C8H21N4O. The molecule has 0 saturated heterocycles. The van der Waals surface area contributed by atoms with Crippen LogP contribution in [-0.4, -0.2) is 39.6 Å². The van der Waals surface area contributed by atoms with E-state index in [4.69, 9.17) is 4.84 Å². The van der Waals surface area contributed by atoms with Crippen molar-refractivity contribution in [3.05, 3.63) is 6.92 Å². The molecule has 0 aliphatic carbocycles. The average molecular weight is 189 g/mol. The van der Waals surface area contributed by atoms with Gasteiger partial charge in [0.2, 0.25) is 5.85 Å². The fourth-order valence-electron chi connectivity index (χ4n) is 1.12. The van der Waals surface area contributed by atoms with Gasteiger partial charge < -0.3 is 5.32 Å². The maximum atomic E-state index is 5.43. The fourth-order valence-corrected chi connectivity index (χ4v) is 1.12. The van der Waals surface area contributed by atoms with E-state index in [1.807, 2.05) is 28.1 Å². The Balaban J connectivity index is 4.29. The molecule has 0 fully saturated rings. The predicted molar refractivity (Wildman–Crippen MR) is 53.8 cm³/mol. The lowest BCUT2D eigenvalue weighted by Gasteiger charge is -2.37. The molecule has 0 amide bonds. The molecule has 5 nitrogen and oxygen atoms in total. The molecule has 4 N–H and O–H groups in total. The molecule has 5 heteroatoms. The molecule has 13 heavy (non-hydrogen) atoms. The van der Waals surface area contributed by atoms with E-state index < -0.39 is 5.85 Å². The predicted octanol–water partition coefficient (Wildman–Crippen LogP) is -0.958. The molecule has 0 bridgehead atoms. The molecule has 0 spiro atoms. The van der Waals surface area contributed by atoms with E-state index in [-0.39, 0.29) is 6.04 Å². The quantitative estimate of drug-likeness (QED) is 0.307. The van der Waals surface area contributed by atoms with Crippen molar-refractivity contribution >= 4 is 0 Å². The summed E-state index contributed by atoms with van der Waals surface area (Å²) in [4.78, 5) is 5.43. The summed E-state index contributed by atoms with van der Waals surface area (Å²) in [6.45, 7) is 6.16. The third-order valence-electron chi connectivity index (χ3n) is 2.12. The Kier molecular flexibility index (Phi) is 6.19. The van der Waals surface area contributed by atoms with E-state index in [0.717, 1.165) is 0 Å². The summed E-state index contributed by atoms with van der Waals surface area (Å²) in [7, 11) is 5.53. The summed E-state index contributed by atoms with van der Waals surface area (Å²) in [5, 5.41) is 9.24. The zero-order valence-electron chi connectivity index (χ0n) is 8.90. The van der Waals surface area contributed by atoms with E-state index in [9.17, 15) is 0 Å². The molecule has 0 heterocycles. The molecule has 79 valence electrons. The van der Waals surface area contributed by atoms with Crippen molar-refractivity contribution in [2.24, 2.45) is 0 Å². The number of hydroxylamine groups is 1. The lowest BCUT2D eigenvalue weighted by atomic mass is 10.2. The first-order valence-electron chi connectivity index (χ1n) is 4.42. The number of rotatable bonds is 7. The van der Waals surface area contributed by atoms with Gasteiger partial charge in [-0.25, -0.2) is 0 Å². The maximum absolute atomic E-state index is 5.43. The van der Waals surface area contributed by atoms with Gasteiger partial charge in [-0.05, 0) is 35.0 Å². The molecule has 0 aromatic carbocycles. The van der Waals surface area contributed by atoms with Crippen molar-refractivity contribution in [2.75, 3.05) is 27.7 Å². The smallest absolute Gasteiger partial charge is 0.208 e. The Bertz CT molecular complexity index is 127. The van der Waals surface area contributed by atoms with Gasteiger partial charge in [0.05, 0.1) is 6.04 Å². The highest BCUT2D eigenvalue weighted by Crippen LogP contribution is 2.05. The van der Waals surface area contributed by atoms with Crippen molar-refractivity contribution in [1.29, 1.82) is 0 Å². The second kappa shape index (κ2) is 6.28. The lowest BCUT2D eigenvalue weighted by molar-refractivity contribution is -0.153. The minimum Gasteiger partial charge on any atom is -0.312 e.